The van der Waals surface area contributed by atoms with Crippen molar-refractivity contribution in [1.29, 1.82) is 0 Å². The van der Waals surface area contributed by atoms with Crippen molar-refractivity contribution in [3.63, 3.8) is 0 Å². The van der Waals surface area contributed by atoms with Gasteiger partial charge < -0.3 is 10.7 Å². The number of imidazole rings is 1. The number of carbonyl (C=O) groups is 1. The van der Waals surface area contributed by atoms with Gasteiger partial charge >= 0.3 is 0 Å². The van der Waals surface area contributed by atoms with Crippen molar-refractivity contribution in [2.24, 2.45) is 4.99 Å². The Morgan fingerprint density at radius 3 is 2.71 bits per heavy atom. The Labute approximate surface area is 121 Å². The topological polar surface area (TPSA) is 84.1 Å². The SMILES string of the molecule is Nc1ccccc1C(C=O)=NCc1nc2ccccc2[nH]1. The second-order valence-corrected chi connectivity index (χ2v) is 4.61. The maximum absolute atomic E-state index is 11.2. The van der Waals surface area contributed by atoms with Crippen LogP contribution < -0.4 is 5.73 Å². The van der Waals surface area contributed by atoms with Gasteiger partial charge in [-0.05, 0) is 18.2 Å². The van der Waals surface area contributed by atoms with Crippen LogP contribution in [0.4, 0.5) is 5.69 Å². The Kier molecular flexibility index (Phi) is 3.47. The molecule has 0 radical (unpaired) electrons. The van der Waals surface area contributed by atoms with Gasteiger partial charge in [-0.2, -0.15) is 0 Å². The van der Waals surface area contributed by atoms with Crippen LogP contribution in [0.5, 0.6) is 0 Å². The molecule has 104 valence electrons. The minimum atomic E-state index is 0.303. The minimum Gasteiger partial charge on any atom is -0.398 e. The second kappa shape index (κ2) is 5.58. The number of carbonyl (C=O) groups excluding carboxylic acids is 1. The Morgan fingerprint density at radius 2 is 1.95 bits per heavy atom. The van der Waals surface area contributed by atoms with Gasteiger partial charge in [0.1, 0.15) is 11.5 Å². The summed E-state index contributed by atoms with van der Waals surface area (Å²) in [6, 6.07) is 14.9. The third-order valence-electron chi connectivity index (χ3n) is 3.19. The van der Waals surface area contributed by atoms with Gasteiger partial charge in [0.15, 0.2) is 6.29 Å². The number of anilines is 1. The van der Waals surface area contributed by atoms with Gasteiger partial charge in [-0.3, -0.25) is 9.79 Å². The van der Waals surface area contributed by atoms with Crippen LogP contribution in [0.2, 0.25) is 0 Å². The highest BCUT2D eigenvalue weighted by Gasteiger charge is 2.07. The number of hydrogen-bond donors (Lipinski definition) is 2. The van der Waals surface area contributed by atoms with Crippen LogP contribution >= 0.6 is 0 Å². The molecule has 21 heavy (non-hydrogen) atoms. The number of H-pyrrole nitrogens is 1. The smallest absolute Gasteiger partial charge is 0.168 e. The molecule has 3 N–H and O–H groups in total. The number of rotatable bonds is 4. The van der Waals surface area contributed by atoms with Crippen molar-refractivity contribution < 1.29 is 4.79 Å². The predicted molar refractivity (Wildman–Crippen MR) is 83.3 cm³/mol. The first kappa shape index (κ1) is 13.1. The van der Waals surface area contributed by atoms with Gasteiger partial charge in [-0.1, -0.05) is 30.3 Å². The van der Waals surface area contributed by atoms with E-state index < -0.39 is 0 Å². The molecule has 0 spiro atoms. The normalized spacial score (nSPS) is 11.7. The predicted octanol–water partition coefficient (Wildman–Crippen LogP) is 2.33. The highest BCUT2D eigenvalue weighted by atomic mass is 16.1. The molecule has 0 bridgehead atoms. The van der Waals surface area contributed by atoms with Gasteiger partial charge in [-0.25, -0.2) is 4.98 Å². The summed E-state index contributed by atoms with van der Waals surface area (Å²) in [6.45, 7) is 0.303. The Morgan fingerprint density at radius 1 is 1.19 bits per heavy atom. The molecule has 0 atom stereocenters. The van der Waals surface area contributed by atoms with Gasteiger partial charge in [0, 0.05) is 11.3 Å². The van der Waals surface area contributed by atoms with Crippen molar-refractivity contribution in [3.8, 4) is 0 Å². The highest BCUT2D eigenvalue weighted by molar-refractivity contribution is 6.37. The molecule has 0 saturated heterocycles. The van der Waals surface area contributed by atoms with Crippen LogP contribution in [0.15, 0.2) is 53.5 Å². The second-order valence-electron chi connectivity index (χ2n) is 4.61. The minimum absolute atomic E-state index is 0.303. The summed E-state index contributed by atoms with van der Waals surface area (Å²) in [5, 5.41) is 0. The van der Waals surface area contributed by atoms with Crippen LogP contribution in [-0.2, 0) is 11.3 Å². The average molecular weight is 278 g/mol. The molecule has 0 aliphatic heterocycles. The maximum Gasteiger partial charge on any atom is 0.168 e. The van der Waals surface area contributed by atoms with Gasteiger partial charge in [0.05, 0.1) is 17.6 Å². The van der Waals surface area contributed by atoms with Crippen LogP contribution in [0.1, 0.15) is 11.4 Å². The number of nitrogens with two attached hydrogens (primary N) is 1. The molecule has 1 aromatic heterocycles. The number of para-hydroxylation sites is 3. The van der Waals surface area contributed by atoms with Crippen molar-refractivity contribution in [2.45, 2.75) is 6.54 Å². The molecular formula is C16H14N4O. The summed E-state index contributed by atoms with van der Waals surface area (Å²) >= 11 is 0. The molecular weight excluding hydrogens is 264 g/mol. The summed E-state index contributed by atoms with van der Waals surface area (Å²) in [5.74, 6) is 0.713. The molecule has 0 unspecified atom stereocenters. The number of aliphatic imine (C=N–C) groups is 1. The van der Waals surface area contributed by atoms with E-state index in [4.69, 9.17) is 5.73 Å². The fraction of sp³-hybridized carbons (Fsp3) is 0.0625. The molecule has 1 heterocycles. The van der Waals surface area contributed by atoms with E-state index in [2.05, 4.69) is 15.0 Å². The molecule has 0 fully saturated rings. The standard InChI is InChI=1S/C16H14N4O/c17-12-6-2-1-5-11(12)15(10-21)18-9-16-19-13-7-3-4-8-14(13)20-16/h1-8,10H,9,17H2,(H,19,20). The van der Waals surface area contributed by atoms with Crippen molar-refractivity contribution in [2.75, 3.05) is 5.73 Å². The number of nitrogens with one attached hydrogen (secondary N) is 1. The van der Waals surface area contributed by atoms with Gasteiger partial charge in [0.2, 0.25) is 0 Å². The first-order valence-electron chi connectivity index (χ1n) is 6.56. The van der Waals surface area contributed by atoms with Crippen LogP contribution in [0.3, 0.4) is 0 Å². The Bertz CT molecular complexity index is 787. The number of nitrogens with zero attached hydrogens (tertiary/aromatic N) is 2. The Balaban J connectivity index is 1.89. The van der Waals surface area contributed by atoms with E-state index in [1.54, 1.807) is 12.1 Å². The lowest BCUT2D eigenvalue weighted by atomic mass is 10.1. The number of nitrogen functional groups attached to an aromatic ring is 1. The van der Waals surface area contributed by atoms with Crippen LogP contribution in [0.25, 0.3) is 11.0 Å². The fourth-order valence-electron chi connectivity index (χ4n) is 2.16. The molecule has 0 saturated carbocycles. The van der Waals surface area contributed by atoms with E-state index in [1.165, 1.54) is 0 Å². The number of hydrogen-bond acceptors (Lipinski definition) is 4. The van der Waals surface area contributed by atoms with E-state index in [1.807, 2.05) is 36.4 Å². The summed E-state index contributed by atoms with van der Waals surface area (Å²) in [5.41, 5.74) is 9.21. The molecule has 5 nitrogen and oxygen atoms in total. The number of benzene rings is 2. The van der Waals surface area contributed by atoms with Crippen molar-refractivity contribution in [3.05, 3.63) is 59.9 Å². The van der Waals surface area contributed by atoms with Gasteiger partial charge in [-0.15, -0.1) is 0 Å². The summed E-state index contributed by atoms with van der Waals surface area (Å²) in [4.78, 5) is 23.1. The lowest BCUT2D eigenvalue weighted by Crippen LogP contribution is -2.07. The third-order valence-corrected chi connectivity index (χ3v) is 3.19. The van der Waals surface area contributed by atoms with Gasteiger partial charge in [0.25, 0.3) is 0 Å². The summed E-state index contributed by atoms with van der Waals surface area (Å²) in [7, 11) is 0. The lowest BCUT2D eigenvalue weighted by molar-refractivity contribution is -0.102. The number of aromatic amines is 1. The summed E-state index contributed by atoms with van der Waals surface area (Å²) < 4.78 is 0. The van der Waals surface area contributed by atoms with Crippen molar-refractivity contribution >= 4 is 28.7 Å². The zero-order valence-corrected chi connectivity index (χ0v) is 11.3. The fourth-order valence-corrected chi connectivity index (χ4v) is 2.16. The van der Waals surface area contributed by atoms with Crippen LogP contribution in [-0.4, -0.2) is 22.0 Å². The van der Waals surface area contributed by atoms with E-state index in [0.717, 1.165) is 11.0 Å². The van der Waals surface area contributed by atoms with E-state index in [-0.39, 0.29) is 0 Å². The molecule has 2 aromatic carbocycles. The number of aldehydes is 1. The lowest BCUT2D eigenvalue weighted by Gasteiger charge is -2.03. The van der Waals surface area contributed by atoms with E-state index in [0.29, 0.717) is 35.6 Å². The van der Waals surface area contributed by atoms with E-state index >= 15 is 0 Å². The third kappa shape index (κ3) is 2.67. The zero-order valence-electron chi connectivity index (χ0n) is 11.3. The van der Waals surface area contributed by atoms with Crippen molar-refractivity contribution in [1.82, 2.24) is 9.97 Å². The monoisotopic (exact) mass is 278 g/mol. The number of fused-ring (bicyclic) bond motifs is 1. The first-order valence-corrected chi connectivity index (χ1v) is 6.56. The Hall–Kier alpha value is -2.95. The highest BCUT2D eigenvalue weighted by Crippen LogP contribution is 2.13. The van der Waals surface area contributed by atoms with Crippen LogP contribution in [0, 0.1) is 0 Å². The first-order chi connectivity index (χ1) is 10.3. The summed E-state index contributed by atoms with van der Waals surface area (Å²) in [6.07, 6.45) is 0.717. The molecule has 3 rings (SSSR count). The molecule has 0 aliphatic carbocycles. The molecule has 0 amide bonds. The zero-order chi connectivity index (χ0) is 14.7. The average Bonchev–Trinajstić information content (AvgIpc) is 2.92. The quantitative estimate of drug-likeness (QED) is 0.436. The van der Waals surface area contributed by atoms with E-state index in [9.17, 15) is 4.79 Å². The maximum atomic E-state index is 11.2. The number of aromatic nitrogens is 2. The molecule has 5 heteroatoms. The molecule has 0 aliphatic rings. The molecule has 3 aromatic rings. The largest absolute Gasteiger partial charge is 0.398 e.